The average molecular weight is 841 g/mol. The lowest BCUT2D eigenvalue weighted by atomic mass is 9.64. The van der Waals surface area contributed by atoms with Gasteiger partial charge in [0, 0.05) is 22.4 Å². The minimum Gasteiger partial charge on any atom is -0.310 e. The summed E-state index contributed by atoms with van der Waals surface area (Å²) in [6, 6.07) is 87.2. The van der Waals surface area contributed by atoms with Crippen LogP contribution >= 0.6 is 0 Å². The first-order valence-electron chi connectivity index (χ1n) is 22.5. The molecule has 0 amide bonds. The van der Waals surface area contributed by atoms with Crippen molar-refractivity contribution in [2.24, 2.45) is 0 Å². The van der Waals surface area contributed by atoms with Crippen LogP contribution in [-0.2, 0) is 5.41 Å². The van der Waals surface area contributed by atoms with Crippen molar-refractivity contribution in [3.8, 4) is 67.5 Å². The molecule has 0 bridgehead atoms. The number of nitrogens with zero attached hydrogens (tertiary/aromatic N) is 4. The zero-order valence-electron chi connectivity index (χ0n) is 35.9. The van der Waals surface area contributed by atoms with Gasteiger partial charge in [-0.25, -0.2) is 15.0 Å². The van der Waals surface area contributed by atoms with E-state index in [9.17, 15) is 0 Å². The summed E-state index contributed by atoms with van der Waals surface area (Å²) in [5, 5.41) is 2.50. The normalized spacial score (nSPS) is 12.9. The maximum Gasteiger partial charge on any atom is 0.164 e. The Labute approximate surface area is 383 Å². The molecule has 0 atom stereocenters. The molecule has 2 aliphatic rings. The van der Waals surface area contributed by atoms with Crippen LogP contribution in [-0.4, -0.2) is 15.0 Å². The van der Waals surface area contributed by atoms with Crippen LogP contribution in [0.2, 0.25) is 0 Å². The van der Waals surface area contributed by atoms with Crippen molar-refractivity contribution in [1.29, 1.82) is 0 Å². The molecule has 308 valence electrons. The largest absolute Gasteiger partial charge is 0.310 e. The highest BCUT2D eigenvalue weighted by Crippen LogP contribution is 2.64. The van der Waals surface area contributed by atoms with Gasteiger partial charge in [-0.2, -0.15) is 0 Å². The van der Waals surface area contributed by atoms with E-state index in [1.807, 2.05) is 24.3 Å². The first-order chi connectivity index (χ1) is 32.7. The zero-order valence-corrected chi connectivity index (χ0v) is 35.9. The fourth-order valence-corrected chi connectivity index (χ4v) is 10.6. The third-order valence-corrected chi connectivity index (χ3v) is 13.5. The van der Waals surface area contributed by atoms with Crippen LogP contribution in [0.15, 0.2) is 243 Å². The molecule has 0 N–H and O–H groups in total. The highest BCUT2D eigenvalue weighted by Gasteiger charge is 2.52. The number of para-hydroxylation sites is 3. The summed E-state index contributed by atoms with van der Waals surface area (Å²) in [5.74, 6) is 1.89. The molecule has 4 heteroatoms. The Morgan fingerprint density at radius 1 is 0.303 bits per heavy atom. The number of anilines is 3. The Kier molecular flexibility index (Phi) is 8.72. The molecule has 1 spiro atoms. The molecule has 13 rings (SSSR count). The number of aromatic nitrogens is 3. The molecule has 0 unspecified atom stereocenters. The molecule has 1 aliphatic carbocycles. The van der Waals surface area contributed by atoms with Crippen molar-refractivity contribution in [3.05, 3.63) is 265 Å². The lowest BCUT2D eigenvalue weighted by molar-refractivity contribution is 0.753. The third kappa shape index (κ3) is 5.89. The molecular weight excluding hydrogens is 801 g/mol. The van der Waals surface area contributed by atoms with Crippen molar-refractivity contribution in [2.45, 2.75) is 5.41 Å². The number of hydrogen-bond donors (Lipinski definition) is 0. The van der Waals surface area contributed by atoms with Crippen LogP contribution in [0.25, 0.3) is 78.3 Å². The smallest absolute Gasteiger partial charge is 0.164 e. The number of benzene rings is 10. The lowest BCUT2D eigenvalue weighted by Crippen LogP contribution is -2.36. The van der Waals surface area contributed by atoms with Crippen molar-refractivity contribution >= 4 is 27.8 Å². The molecule has 0 saturated carbocycles. The lowest BCUT2D eigenvalue weighted by Gasteiger charge is -2.45. The van der Waals surface area contributed by atoms with E-state index in [0.29, 0.717) is 17.5 Å². The summed E-state index contributed by atoms with van der Waals surface area (Å²) < 4.78 is 0. The Morgan fingerprint density at radius 2 is 0.788 bits per heavy atom. The van der Waals surface area contributed by atoms with Gasteiger partial charge in [-0.3, -0.25) is 0 Å². The van der Waals surface area contributed by atoms with Crippen LogP contribution in [0.1, 0.15) is 22.3 Å². The van der Waals surface area contributed by atoms with Crippen LogP contribution in [0, 0.1) is 0 Å². The maximum atomic E-state index is 5.17. The van der Waals surface area contributed by atoms with E-state index >= 15 is 0 Å². The number of rotatable bonds is 6. The molecule has 0 saturated heterocycles. The summed E-state index contributed by atoms with van der Waals surface area (Å²) in [5.41, 5.74) is 17.9. The zero-order chi connectivity index (χ0) is 43.6. The second kappa shape index (κ2) is 15.2. The summed E-state index contributed by atoms with van der Waals surface area (Å²) >= 11 is 0. The van der Waals surface area contributed by atoms with E-state index in [0.717, 1.165) is 39.1 Å². The predicted molar refractivity (Wildman–Crippen MR) is 270 cm³/mol. The molecule has 10 aromatic carbocycles. The van der Waals surface area contributed by atoms with Crippen molar-refractivity contribution < 1.29 is 0 Å². The molecule has 66 heavy (non-hydrogen) atoms. The molecule has 2 heterocycles. The SMILES string of the molecule is c1ccc(-c2ccc(-c3nc(-c4ccccc4)nc(-c4cccc(-c5ccc6c(c5)C5(c7ccccc7N(c7ccccc7)c7ccccc75)c5ccc7ccccc7c5-6)c4)n3)cc2)cc1. The summed E-state index contributed by atoms with van der Waals surface area (Å²) in [6.45, 7) is 0. The first kappa shape index (κ1) is 37.8. The van der Waals surface area contributed by atoms with E-state index in [4.69, 9.17) is 15.0 Å². The Bertz CT molecular complexity index is 3590. The summed E-state index contributed by atoms with van der Waals surface area (Å²) in [7, 11) is 0. The topological polar surface area (TPSA) is 41.9 Å². The molecule has 0 radical (unpaired) electrons. The van der Waals surface area contributed by atoms with Crippen LogP contribution in [0.3, 0.4) is 0 Å². The van der Waals surface area contributed by atoms with Gasteiger partial charge in [0.2, 0.25) is 0 Å². The quantitative estimate of drug-likeness (QED) is 0.167. The Balaban J connectivity index is 0.995. The van der Waals surface area contributed by atoms with Gasteiger partial charge in [-0.1, -0.05) is 206 Å². The van der Waals surface area contributed by atoms with Gasteiger partial charge in [0.25, 0.3) is 0 Å². The maximum absolute atomic E-state index is 5.17. The highest BCUT2D eigenvalue weighted by atomic mass is 15.2. The van der Waals surface area contributed by atoms with Crippen molar-refractivity contribution in [2.75, 3.05) is 4.90 Å². The van der Waals surface area contributed by atoms with E-state index in [-0.39, 0.29) is 0 Å². The second-order valence-corrected chi connectivity index (χ2v) is 17.1. The fourth-order valence-electron chi connectivity index (χ4n) is 10.6. The monoisotopic (exact) mass is 840 g/mol. The van der Waals surface area contributed by atoms with Crippen LogP contribution < -0.4 is 4.90 Å². The number of fused-ring (bicyclic) bond motifs is 11. The minimum absolute atomic E-state index is 0.593. The highest BCUT2D eigenvalue weighted by molar-refractivity contribution is 6.06. The van der Waals surface area contributed by atoms with Gasteiger partial charge < -0.3 is 4.90 Å². The Morgan fingerprint density at radius 3 is 1.48 bits per heavy atom. The summed E-state index contributed by atoms with van der Waals surface area (Å²) in [4.78, 5) is 17.8. The molecule has 11 aromatic rings. The van der Waals surface area contributed by atoms with Crippen molar-refractivity contribution in [1.82, 2.24) is 15.0 Å². The first-order valence-corrected chi connectivity index (χ1v) is 22.5. The second-order valence-electron chi connectivity index (χ2n) is 17.1. The van der Waals surface area contributed by atoms with E-state index in [2.05, 4.69) is 223 Å². The minimum atomic E-state index is -0.593. The number of hydrogen-bond acceptors (Lipinski definition) is 4. The van der Waals surface area contributed by atoms with Crippen LogP contribution in [0.5, 0.6) is 0 Å². The molecule has 1 aliphatic heterocycles. The third-order valence-electron chi connectivity index (χ3n) is 13.5. The van der Waals surface area contributed by atoms with E-state index in [1.165, 1.54) is 61.1 Å². The standard InChI is InChI=1S/C62H40N4/c1-4-17-41(18-5-1)42-31-33-45(34-32-42)60-63-59(44-20-6-2-7-21-44)64-61(65-60)48-23-16-22-46(39-48)47-35-37-51-55(40-47)62(54-38-36-43-19-10-11-26-50(43)58(51)54)52-27-12-14-29-56(52)66(49-24-8-3-9-25-49)57-30-15-13-28-53(57)62/h1-40H. The van der Waals surface area contributed by atoms with Gasteiger partial charge in [-0.15, -0.1) is 0 Å². The molecule has 1 aromatic heterocycles. The van der Waals surface area contributed by atoms with Gasteiger partial charge >= 0.3 is 0 Å². The van der Waals surface area contributed by atoms with Crippen molar-refractivity contribution in [3.63, 3.8) is 0 Å². The van der Waals surface area contributed by atoms with Gasteiger partial charge in [0.1, 0.15) is 0 Å². The van der Waals surface area contributed by atoms with Gasteiger partial charge in [-0.05, 0) is 103 Å². The fraction of sp³-hybridized carbons (Fsp3) is 0.0161. The van der Waals surface area contributed by atoms with Gasteiger partial charge in [0.15, 0.2) is 17.5 Å². The molecule has 0 fully saturated rings. The van der Waals surface area contributed by atoms with Crippen LogP contribution in [0.4, 0.5) is 17.1 Å². The summed E-state index contributed by atoms with van der Waals surface area (Å²) in [6.07, 6.45) is 0. The van der Waals surface area contributed by atoms with Gasteiger partial charge in [0.05, 0.1) is 16.8 Å². The van der Waals surface area contributed by atoms with E-state index < -0.39 is 5.41 Å². The molecule has 4 nitrogen and oxygen atoms in total. The average Bonchev–Trinajstić information content (AvgIpc) is 3.70. The predicted octanol–water partition coefficient (Wildman–Crippen LogP) is 15.5. The molecular formula is C62H40N4. The van der Waals surface area contributed by atoms with E-state index in [1.54, 1.807) is 0 Å². The Hall–Kier alpha value is -8.73.